The van der Waals surface area contributed by atoms with Crippen LogP contribution in [-0.2, 0) is 19.6 Å². The molecule has 170 valence electrons. The molecule has 1 saturated heterocycles. The summed E-state index contributed by atoms with van der Waals surface area (Å²) in [5, 5.41) is 1.87. The van der Waals surface area contributed by atoms with Gasteiger partial charge in [-0.3, -0.25) is 14.3 Å². The molecule has 2 amide bonds. The number of piperidine rings is 1. The molecule has 2 aromatic carbocycles. The Bertz CT molecular complexity index is 1180. The third-order valence-corrected chi connectivity index (χ3v) is 8.36. The number of amides is 2. The largest absolute Gasteiger partial charge is 0.341 e. The van der Waals surface area contributed by atoms with E-state index in [-0.39, 0.29) is 27.2 Å². The van der Waals surface area contributed by atoms with E-state index in [2.05, 4.69) is 17.0 Å². The number of sulfonamides is 1. The molecule has 0 aliphatic carbocycles. The van der Waals surface area contributed by atoms with Gasteiger partial charge in [0.1, 0.15) is 5.82 Å². The van der Waals surface area contributed by atoms with Crippen LogP contribution in [0.3, 0.4) is 0 Å². The Kier molecular flexibility index (Phi) is 6.37. The normalized spacial score (nSPS) is 19.3. The van der Waals surface area contributed by atoms with E-state index >= 15 is 0 Å². The average molecular weight is 498 g/mol. The van der Waals surface area contributed by atoms with E-state index < -0.39 is 27.0 Å². The van der Waals surface area contributed by atoms with Crippen LogP contribution in [-0.4, -0.2) is 43.5 Å². The second kappa shape index (κ2) is 8.92. The van der Waals surface area contributed by atoms with Crippen LogP contribution in [0.1, 0.15) is 19.8 Å². The van der Waals surface area contributed by atoms with Crippen LogP contribution in [0.5, 0.6) is 0 Å². The number of likely N-dealkylation sites (tertiary alicyclic amines) is 1. The zero-order valence-corrected chi connectivity index (χ0v) is 19.5. The van der Waals surface area contributed by atoms with Gasteiger partial charge in [-0.1, -0.05) is 18.5 Å². The Labute approximate surface area is 194 Å². The van der Waals surface area contributed by atoms with E-state index in [4.69, 9.17) is 11.6 Å². The highest BCUT2D eigenvalue weighted by atomic mass is 35.5. The Morgan fingerprint density at radius 2 is 1.94 bits per heavy atom. The molecule has 0 unspecified atom stereocenters. The first kappa shape index (κ1) is 22.9. The van der Waals surface area contributed by atoms with Crippen molar-refractivity contribution in [3.8, 4) is 0 Å². The smallest absolute Gasteiger partial charge is 0.262 e. The molecule has 1 fully saturated rings. The number of hydrogen-bond acceptors (Lipinski definition) is 5. The minimum atomic E-state index is -4.12. The van der Waals surface area contributed by atoms with Gasteiger partial charge in [0.15, 0.2) is 5.25 Å². The Morgan fingerprint density at radius 1 is 1.22 bits per heavy atom. The van der Waals surface area contributed by atoms with E-state index in [1.807, 2.05) is 0 Å². The highest BCUT2D eigenvalue weighted by Gasteiger charge is 2.37. The summed E-state index contributed by atoms with van der Waals surface area (Å²) >= 11 is 6.80. The first-order valence-electron chi connectivity index (χ1n) is 10.0. The quantitative estimate of drug-likeness (QED) is 0.623. The third-order valence-electron chi connectivity index (χ3n) is 5.50. The number of halogens is 2. The summed E-state index contributed by atoms with van der Waals surface area (Å²) in [6, 6.07) is 7.77. The minimum Gasteiger partial charge on any atom is -0.341 e. The van der Waals surface area contributed by atoms with Crippen LogP contribution in [0, 0.1) is 11.7 Å². The number of nitrogens with one attached hydrogen (secondary N) is 2. The predicted molar refractivity (Wildman–Crippen MR) is 122 cm³/mol. The summed E-state index contributed by atoms with van der Waals surface area (Å²) < 4.78 is 41.6. The van der Waals surface area contributed by atoms with Crippen LogP contribution in [0.25, 0.3) is 0 Å². The van der Waals surface area contributed by atoms with E-state index in [0.717, 1.165) is 30.7 Å². The van der Waals surface area contributed by atoms with Crippen molar-refractivity contribution in [1.82, 2.24) is 4.90 Å². The van der Waals surface area contributed by atoms with Crippen LogP contribution >= 0.6 is 23.4 Å². The lowest BCUT2D eigenvalue weighted by Crippen LogP contribution is -2.47. The second-order valence-electron chi connectivity index (χ2n) is 7.88. The van der Waals surface area contributed by atoms with Gasteiger partial charge in [0, 0.05) is 23.0 Å². The zero-order chi connectivity index (χ0) is 23.0. The summed E-state index contributed by atoms with van der Waals surface area (Å²) in [5.41, 5.74) is 0.0443. The van der Waals surface area contributed by atoms with Crippen molar-refractivity contribution in [2.45, 2.75) is 34.8 Å². The molecule has 2 aliphatic rings. The molecule has 11 heteroatoms. The monoisotopic (exact) mass is 497 g/mol. The maximum atomic E-state index is 14.0. The summed E-state index contributed by atoms with van der Waals surface area (Å²) in [7, 11) is -4.12. The van der Waals surface area contributed by atoms with Gasteiger partial charge in [-0.2, -0.15) is 0 Å². The van der Waals surface area contributed by atoms with E-state index in [0.29, 0.717) is 23.9 Å². The first-order valence-corrected chi connectivity index (χ1v) is 12.8. The number of benzene rings is 2. The number of nitrogens with zero attached hydrogens (tertiary/aromatic N) is 1. The van der Waals surface area contributed by atoms with Crippen molar-refractivity contribution in [1.29, 1.82) is 0 Å². The lowest BCUT2D eigenvalue weighted by Gasteiger charge is -2.33. The molecule has 7 nitrogen and oxygen atoms in total. The van der Waals surface area contributed by atoms with Crippen LogP contribution in [0.2, 0.25) is 5.02 Å². The van der Waals surface area contributed by atoms with Crippen molar-refractivity contribution >= 4 is 56.6 Å². The molecule has 2 N–H and O–H groups in total. The molecule has 0 aromatic heterocycles. The van der Waals surface area contributed by atoms with Gasteiger partial charge in [-0.15, -0.1) is 11.8 Å². The van der Waals surface area contributed by atoms with Gasteiger partial charge in [-0.25, -0.2) is 12.8 Å². The van der Waals surface area contributed by atoms with Gasteiger partial charge in [0.2, 0.25) is 11.8 Å². The molecule has 0 radical (unpaired) electrons. The third kappa shape index (κ3) is 4.72. The number of carbonyl (C=O) groups is 2. The van der Waals surface area contributed by atoms with Crippen molar-refractivity contribution in [2.75, 3.05) is 23.1 Å². The maximum absolute atomic E-state index is 14.0. The molecule has 32 heavy (non-hydrogen) atoms. The Balaban J connectivity index is 1.52. The number of fused-ring (bicyclic) bond motifs is 1. The number of rotatable bonds is 4. The van der Waals surface area contributed by atoms with Crippen LogP contribution in [0.4, 0.5) is 15.8 Å². The molecule has 1 atom stereocenters. The van der Waals surface area contributed by atoms with Crippen LogP contribution < -0.4 is 10.0 Å². The average Bonchev–Trinajstić information content (AvgIpc) is 2.75. The van der Waals surface area contributed by atoms with Crippen molar-refractivity contribution in [3.05, 3.63) is 47.2 Å². The fourth-order valence-electron chi connectivity index (χ4n) is 3.59. The number of anilines is 2. The van der Waals surface area contributed by atoms with Crippen molar-refractivity contribution in [3.63, 3.8) is 0 Å². The number of hydrogen-bond donors (Lipinski definition) is 2. The maximum Gasteiger partial charge on any atom is 0.262 e. The summed E-state index contributed by atoms with van der Waals surface area (Å²) in [4.78, 5) is 27.6. The molecular formula is C21H21ClFN3O4S2. The summed E-state index contributed by atoms with van der Waals surface area (Å²) in [5.74, 6) is -0.974. The Morgan fingerprint density at radius 3 is 2.62 bits per heavy atom. The standard InChI is InChI=1S/C21H21ClFN3O4S2/c1-12-6-8-26(9-7-12)21(28)19-20(27)24-17-11-14(3-5-18(17)31-19)32(29,30)25-16-4-2-13(22)10-15(16)23/h2-5,10-12,19,25H,6-9H2,1H3,(H,24,27)/t19-/m1/s1. The topological polar surface area (TPSA) is 95.6 Å². The first-order chi connectivity index (χ1) is 15.1. The molecule has 2 heterocycles. The molecule has 0 bridgehead atoms. The fourth-order valence-corrected chi connectivity index (χ4v) is 5.89. The summed E-state index contributed by atoms with van der Waals surface area (Å²) in [6.45, 7) is 3.39. The number of thioether (sulfide) groups is 1. The van der Waals surface area contributed by atoms with Gasteiger partial charge in [0.05, 0.1) is 16.3 Å². The lowest BCUT2D eigenvalue weighted by atomic mass is 9.99. The molecule has 2 aromatic rings. The summed E-state index contributed by atoms with van der Waals surface area (Å²) in [6.07, 6.45) is 1.81. The molecule has 4 rings (SSSR count). The fraction of sp³-hybridized carbons (Fsp3) is 0.333. The SMILES string of the molecule is CC1CCN(C(=O)[C@@H]2Sc3ccc(S(=O)(=O)Nc4ccc(Cl)cc4F)cc3NC2=O)CC1. The predicted octanol–water partition coefficient (Wildman–Crippen LogP) is 3.95. The second-order valence-corrected chi connectivity index (χ2v) is 11.1. The van der Waals surface area contributed by atoms with Gasteiger partial charge >= 0.3 is 0 Å². The lowest BCUT2D eigenvalue weighted by molar-refractivity contribution is -0.135. The van der Waals surface area contributed by atoms with Gasteiger partial charge < -0.3 is 10.2 Å². The highest BCUT2D eigenvalue weighted by molar-refractivity contribution is 8.01. The van der Waals surface area contributed by atoms with E-state index in [1.165, 1.54) is 30.3 Å². The zero-order valence-electron chi connectivity index (χ0n) is 17.1. The molecular weight excluding hydrogens is 477 g/mol. The van der Waals surface area contributed by atoms with Crippen molar-refractivity contribution in [2.24, 2.45) is 5.92 Å². The van der Waals surface area contributed by atoms with E-state index in [1.54, 1.807) is 4.90 Å². The minimum absolute atomic E-state index is 0.141. The van der Waals surface area contributed by atoms with Crippen molar-refractivity contribution < 1.29 is 22.4 Å². The van der Waals surface area contributed by atoms with Gasteiger partial charge in [-0.05, 0) is 55.2 Å². The molecule has 0 spiro atoms. The van der Waals surface area contributed by atoms with Gasteiger partial charge in [0.25, 0.3) is 10.0 Å². The Hall–Kier alpha value is -2.30. The molecule has 2 aliphatic heterocycles. The van der Waals surface area contributed by atoms with Crippen LogP contribution in [0.15, 0.2) is 46.2 Å². The number of carbonyl (C=O) groups excluding carboxylic acids is 2. The highest BCUT2D eigenvalue weighted by Crippen LogP contribution is 2.38. The van der Waals surface area contributed by atoms with E-state index in [9.17, 15) is 22.4 Å². The molecule has 0 saturated carbocycles.